The Morgan fingerprint density at radius 1 is 1.38 bits per heavy atom. The number of halogens is 1. The fourth-order valence-electron chi connectivity index (χ4n) is 2.18. The third kappa shape index (κ3) is 2.20. The Kier molecular flexibility index (Phi) is 3.06. The number of nitrogens with one attached hydrogen (secondary N) is 2. The van der Waals surface area contributed by atoms with Crippen LogP contribution in [0.5, 0.6) is 0 Å². The molecule has 0 saturated heterocycles. The predicted molar refractivity (Wildman–Crippen MR) is 77.5 cm³/mol. The van der Waals surface area contributed by atoms with Crippen molar-refractivity contribution in [1.29, 1.82) is 0 Å². The molecule has 0 fully saturated rings. The van der Waals surface area contributed by atoms with E-state index in [4.69, 9.17) is 0 Å². The number of aromatic amines is 1. The number of carboxylic acid groups (broad SMARTS) is 1. The highest BCUT2D eigenvalue weighted by atomic mass is 19.1. The molecule has 0 spiro atoms. The number of nitrogens with zero attached hydrogens (tertiary/aromatic N) is 1. The average Bonchev–Trinajstić information content (AvgIpc) is 2.92. The normalized spacial score (nSPS) is 10.8. The Morgan fingerprint density at radius 2 is 2.14 bits per heavy atom. The van der Waals surface area contributed by atoms with Gasteiger partial charge in [0.05, 0.1) is 23.1 Å². The maximum atomic E-state index is 14.5. The third-order valence-corrected chi connectivity index (χ3v) is 3.29. The zero-order chi connectivity index (χ0) is 15.0. The van der Waals surface area contributed by atoms with Crippen LogP contribution in [0.3, 0.4) is 0 Å². The van der Waals surface area contributed by atoms with Crippen LogP contribution in [0.2, 0.25) is 0 Å². The van der Waals surface area contributed by atoms with Crippen LogP contribution in [-0.4, -0.2) is 21.0 Å². The molecule has 0 saturated carbocycles. The molecule has 21 heavy (non-hydrogen) atoms. The van der Waals surface area contributed by atoms with Gasteiger partial charge >= 0.3 is 5.97 Å². The minimum atomic E-state index is -1.21. The first-order valence-corrected chi connectivity index (χ1v) is 6.29. The van der Waals surface area contributed by atoms with Gasteiger partial charge < -0.3 is 15.4 Å². The van der Waals surface area contributed by atoms with E-state index in [1.165, 1.54) is 12.4 Å². The van der Waals surface area contributed by atoms with Crippen molar-refractivity contribution in [2.24, 2.45) is 0 Å². The third-order valence-electron chi connectivity index (χ3n) is 3.29. The van der Waals surface area contributed by atoms with Crippen molar-refractivity contribution >= 4 is 28.4 Å². The van der Waals surface area contributed by atoms with E-state index in [0.29, 0.717) is 11.2 Å². The lowest BCUT2D eigenvalue weighted by molar-refractivity contribution is 0.0697. The van der Waals surface area contributed by atoms with Gasteiger partial charge in [0.25, 0.3) is 0 Å². The number of rotatable bonds is 3. The minimum Gasteiger partial charge on any atom is -0.478 e. The van der Waals surface area contributed by atoms with Gasteiger partial charge in [0, 0.05) is 5.69 Å². The number of aromatic carboxylic acids is 1. The number of carboxylic acids is 1. The summed E-state index contributed by atoms with van der Waals surface area (Å²) < 4.78 is 14.5. The van der Waals surface area contributed by atoms with Crippen molar-refractivity contribution in [3.8, 4) is 0 Å². The SMILES string of the molecule is Cc1ccccc1Nc1c(C(=O)O)cc2[nH]cnc2c1F. The van der Waals surface area contributed by atoms with Gasteiger partial charge in [-0.25, -0.2) is 14.2 Å². The summed E-state index contributed by atoms with van der Waals surface area (Å²) in [4.78, 5) is 18.0. The van der Waals surface area contributed by atoms with Crippen LogP contribution in [0.25, 0.3) is 11.0 Å². The van der Waals surface area contributed by atoms with Crippen molar-refractivity contribution in [3.05, 3.63) is 53.6 Å². The van der Waals surface area contributed by atoms with E-state index < -0.39 is 11.8 Å². The molecule has 0 radical (unpaired) electrons. The number of H-pyrrole nitrogens is 1. The molecule has 3 rings (SSSR count). The number of para-hydroxylation sites is 1. The highest BCUT2D eigenvalue weighted by molar-refractivity contribution is 6.00. The second-order valence-electron chi connectivity index (χ2n) is 4.66. The molecule has 2 aromatic carbocycles. The van der Waals surface area contributed by atoms with E-state index in [9.17, 15) is 14.3 Å². The Morgan fingerprint density at radius 3 is 2.86 bits per heavy atom. The van der Waals surface area contributed by atoms with Gasteiger partial charge in [-0.3, -0.25) is 0 Å². The van der Waals surface area contributed by atoms with Crippen LogP contribution in [0.4, 0.5) is 15.8 Å². The van der Waals surface area contributed by atoms with Gasteiger partial charge in [0.2, 0.25) is 0 Å². The van der Waals surface area contributed by atoms with E-state index in [1.54, 1.807) is 12.1 Å². The van der Waals surface area contributed by atoms with E-state index in [1.807, 2.05) is 19.1 Å². The zero-order valence-corrected chi connectivity index (χ0v) is 11.1. The number of anilines is 2. The maximum Gasteiger partial charge on any atom is 0.338 e. The van der Waals surface area contributed by atoms with Crippen molar-refractivity contribution in [2.45, 2.75) is 6.92 Å². The van der Waals surface area contributed by atoms with Crippen LogP contribution >= 0.6 is 0 Å². The predicted octanol–water partition coefficient (Wildman–Crippen LogP) is 3.45. The molecule has 0 atom stereocenters. The lowest BCUT2D eigenvalue weighted by Crippen LogP contribution is -2.06. The molecule has 1 heterocycles. The summed E-state index contributed by atoms with van der Waals surface area (Å²) in [5, 5.41) is 12.2. The highest BCUT2D eigenvalue weighted by Gasteiger charge is 2.20. The number of fused-ring (bicyclic) bond motifs is 1. The summed E-state index contributed by atoms with van der Waals surface area (Å²) in [5.41, 5.74) is 1.75. The van der Waals surface area contributed by atoms with Gasteiger partial charge in [-0.15, -0.1) is 0 Å². The van der Waals surface area contributed by atoms with Crippen molar-refractivity contribution in [1.82, 2.24) is 9.97 Å². The van der Waals surface area contributed by atoms with Gasteiger partial charge in [-0.05, 0) is 24.6 Å². The van der Waals surface area contributed by atoms with Crippen LogP contribution in [-0.2, 0) is 0 Å². The number of hydrogen-bond acceptors (Lipinski definition) is 3. The molecular weight excluding hydrogens is 273 g/mol. The number of aryl methyl sites for hydroxylation is 1. The first-order chi connectivity index (χ1) is 10.1. The summed E-state index contributed by atoms with van der Waals surface area (Å²) >= 11 is 0. The molecule has 6 heteroatoms. The monoisotopic (exact) mass is 285 g/mol. The number of benzene rings is 2. The molecule has 3 N–H and O–H groups in total. The average molecular weight is 285 g/mol. The van der Waals surface area contributed by atoms with Gasteiger partial charge in [-0.2, -0.15) is 0 Å². The van der Waals surface area contributed by atoms with Crippen LogP contribution in [0, 0.1) is 12.7 Å². The maximum absolute atomic E-state index is 14.5. The topological polar surface area (TPSA) is 78.0 Å². The molecular formula is C15H12FN3O2. The molecule has 0 aliphatic carbocycles. The first-order valence-electron chi connectivity index (χ1n) is 6.29. The lowest BCUT2D eigenvalue weighted by Gasteiger charge is -2.13. The van der Waals surface area contributed by atoms with Crippen molar-refractivity contribution in [2.75, 3.05) is 5.32 Å². The van der Waals surface area contributed by atoms with E-state index in [2.05, 4.69) is 15.3 Å². The smallest absolute Gasteiger partial charge is 0.338 e. The lowest BCUT2D eigenvalue weighted by atomic mass is 10.1. The molecule has 106 valence electrons. The Labute approximate surface area is 119 Å². The molecule has 0 amide bonds. The quantitative estimate of drug-likeness (QED) is 0.688. The van der Waals surface area contributed by atoms with Gasteiger partial charge in [-0.1, -0.05) is 18.2 Å². The van der Waals surface area contributed by atoms with E-state index in [-0.39, 0.29) is 16.8 Å². The summed E-state index contributed by atoms with van der Waals surface area (Å²) in [6.45, 7) is 1.85. The highest BCUT2D eigenvalue weighted by Crippen LogP contribution is 2.30. The summed E-state index contributed by atoms with van der Waals surface area (Å²) in [6.07, 6.45) is 1.33. The van der Waals surface area contributed by atoms with Crippen LogP contribution < -0.4 is 5.32 Å². The van der Waals surface area contributed by atoms with Crippen molar-refractivity contribution < 1.29 is 14.3 Å². The van der Waals surface area contributed by atoms with Crippen molar-refractivity contribution in [3.63, 3.8) is 0 Å². The Hall–Kier alpha value is -2.89. The molecule has 1 aromatic heterocycles. The van der Waals surface area contributed by atoms with E-state index in [0.717, 1.165) is 5.56 Å². The second kappa shape index (κ2) is 4.90. The standard InChI is InChI=1S/C15H12FN3O2/c1-8-4-2-3-5-10(8)19-13-9(15(20)21)6-11-14(12(13)16)18-7-17-11/h2-7,19H,1H3,(H,17,18)(H,20,21). The largest absolute Gasteiger partial charge is 0.478 e. The first kappa shape index (κ1) is 13.1. The van der Waals surface area contributed by atoms with Gasteiger partial charge in [0.1, 0.15) is 5.52 Å². The fourth-order valence-corrected chi connectivity index (χ4v) is 2.18. The van der Waals surface area contributed by atoms with Crippen LogP contribution in [0.15, 0.2) is 36.7 Å². The summed E-state index contributed by atoms with van der Waals surface area (Å²) in [5.74, 6) is -1.89. The molecule has 3 aromatic rings. The fraction of sp³-hybridized carbons (Fsp3) is 0.0667. The minimum absolute atomic E-state index is 0.0867. The Bertz CT molecular complexity index is 842. The van der Waals surface area contributed by atoms with Crippen LogP contribution in [0.1, 0.15) is 15.9 Å². The number of carbonyl (C=O) groups is 1. The molecule has 0 bridgehead atoms. The molecule has 0 aliphatic rings. The summed E-state index contributed by atoms with van der Waals surface area (Å²) in [6, 6.07) is 8.63. The van der Waals surface area contributed by atoms with Gasteiger partial charge in [0.15, 0.2) is 5.82 Å². The molecule has 0 aliphatic heterocycles. The molecule has 0 unspecified atom stereocenters. The Balaban J connectivity index is 2.20. The van der Waals surface area contributed by atoms with E-state index >= 15 is 0 Å². The number of imidazole rings is 1. The summed E-state index contributed by atoms with van der Waals surface area (Å²) in [7, 11) is 0. The second-order valence-corrected chi connectivity index (χ2v) is 4.66. The number of hydrogen-bond donors (Lipinski definition) is 3. The molecule has 5 nitrogen and oxygen atoms in total. The zero-order valence-electron chi connectivity index (χ0n) is 11.1. The number of aromatic nitrogens is 2.